The second-order valence-corrected chi connectivity index (χ2v) is 7.89. The van der Waals surface area contributed by atoms with Crippen LogP contribution in [-0.4, -0.2) is 60.7 Å². The van der Waals surface area contributed by atoms with Crippen LogP contribution >= 0.6 is 35.6 Å². The summed E-state index contributed by atoms with van der Waals surface area (Å²) >= 11 is 5.98. The third-order valence-electron chi connectivity index (χ3n) is 5.35. The molecule has 1 atom stereocenters. The highest BCUT2D eigenvalue weighted by Crippen LogP contribution is 2.22. The molecule has 6 nitrogen and oxygen atoms in total. The molecule has 0 aliphatic carbocycles. The number of aromatic nitrogens is 1. The number of nitrogens with one attached hydrogen (secondary N) is 1. The number of nitrogens with zero attached hydrogens (tertiary/aromatic N) is 4. The normalized spacial score (nSPS) is 16.4. The van der Waals surface area contributed by atoms with E-state index in [-0.39, 0.29) is 24.0 Å². The third kappa shape index (κ3) is 6.33. The van der Waals surface area contributed by atoms with Gasteiger partial charge in [0.25, 0.3) is 0 Å². The van der Waals surface area contributed by atoms with E-state index in [1.165, 1.54) is 11.1 Å². The summed E-state index contributed by atoms with van der Waals surface area (Å²) in [6, 6.07) is 8.12. The van der Waals surface area contributed by atoms with Gasteiger partial charge in [-0.3, -0.25) is 9.89 Å². The number of benzene rings is 1. The number of guanidine groups is 1. The van der Waals surface area contributed by atoms with Gasteiger partial charge < -0.3 is 14.7 Å². The van der Waals surface area contributed by atoms with E-state index in [4.69, 9.17) is 16.1 Å². The van der Waals surface area contributed by atoms with Gasteiger partial charge in [0.15, 0.2) is 5.96 Å². The Bertz CT molecular complexity index is 780. The van der Waals surface area contributed by atoms with E-state index in [0.717, 1.165) is 61.7 Å². The number of aryl methyl sites for hydroxylation is 2. The van der Waals surface area contributed by atoms with Gasteiger partial charge in [-0.25, -0.2) is 0 Å². The van der Waals surface area contributed by atoms with Gasteiger partial charge in [-0.15, -0.1) is 24.0 Å². The summed E-state index contributed by atoms with van der Waals surface area (Å²) in [5, 5.41) is 8.38. The van der Waals surface area contributed by atoms with E-state index in [1.807, 2.05) is 33.0 Å². The van der Waals surface area contributed by atoms with Gasteiger partial charge in [-0.2, -0.15) is 0 Å². The first-order valence-electron chi connectivity index (χ1n) is 9.83. The lowest BCUT2D eigenvalue weighted by Gasteiger charge is -2.36. The number of hydrogen-bond acceptors (Lipinski definition) is 4. The van der Waals surface area contributed by atoms with Crippen LogP contribution in [0.4, 0.5) is 0 Å². The number of piperazine rings is 1. The zero-order chi connectivity index (χ0) is 20.1. The molecule has 1 fully saturated rings. The standard InChI is InChI=1S/C21H30ClN5O.HI/c1-15(20-16(2)25-28-17(20)3)13-24-21(23-4)27-11-9-26(10-12-27)14-18-5-7-19(22)8-6-18;/h5-8,15H,9-14H2,1-4H3,(H,23,24);1H. The molecule has 2 heterocycles. The minimum atomic E-state index is 0. The van der Waals surface area contributed by atoms with Crippen LogP contribution in [0.2, 0.25) is 5.02 Å². The third-order valence-corrected chi connectivity index (χ3v) is 5.60. The first-order chi connectivity index (χ1) is 13.5. The minimum absolute atomic E-state index is 0. The topological polar surface area (TPSA) is 56.9 Å². The van der Waals surface area contributed by atoms with E-state index in [9.17, 15) is 0 Å². The van der Waals surface area contributed by atoms with Crippen molar-refractivity contribution in [1.82, 2.24) is 20.3 Å². The summed E-state index contributed by atoms with van der Waals surface area (Å²) in [4.78, 5) is 9.29. The minimum Gasteiger partial charge on any atom is -0.361 e. The molecule has 1 saturated heterocycles. The zero-order valence-electron chi connectivity index (χ0n) is 17.6. The van der Waals surface area contributed by atoms with Crippen molar-refractivity contribution < 1.29 is 4.52 Å². The maximum atomic E-state index is 5.98. The fourth-order valence-corrected chi connectivity index (χ4v) is 3.96. The van der Waals surface area contributed by atoms with Crippen molar-refractivity contribution in [3.05, 3.63) is 51.9 Å². The van der Waals surface area contributed by atoms with Crippen LogP contribution in [-0.2, 0) is 6.54 Å². The molecule has 1 aliphatic rings. The van der Waals surface area contributed by atoms with Crippen molar-refractivity contribution in [2.24, 2.45) is 4.99 Å². The van der Waals surface area contributed by atoms with Crippen molar-refractivity contribution >= 4 is 41.5 Å². The van der Waals surface area contributed by atoms with Crippen molar-refractivity contribution in [3.63, 3.8) is 0 Å². The van der Waals surface area contributed by atoms with Crippen LogP contribution in [0.1, 0.15) is 35.4 Å². The molecule has 0 bridgehead atoms. The molecule has 0 spiro atoms. The summed E-state index contributed by atoms with van der Waals surface area (Å²) in [6.45, 7) is 11.9. The molecule has 1 aliphatic heterocycles. The molecule has 160 valence electrons. The summed E-state index contributed by atoms with van der Waals surface area (Å²) in [5.41, 5.74) is 3.46. The summed E-state index contributed by atoms with van der Waals surface area (Å²) in [5.74, 6) is 2.18. The monoisotopic (exact) mass is 531 g/mol. The van der Waals surface area contributed by atoms with Crippen LogP contribution in [0.3, 0.4) is 0 Å². The van der Waals surface area contributed by atoms with Crippen LogP contribution < -0.4 is 5.32 Å². The quantitative estimate of drug-likeness (QED) is 0.358. The average Bonchev–Trinajstić information content (AvgIpc) is 3.03. The van der Waals surface area contributed by atoms with Crippen LogP contribution in [0.5, 0.6) is 0 Å². The Kier molecular flexibility index (Phi) is 9.23. The molecule has 0 saturated carbocycles. The van der Waals surface area contributed by atoms with E-state index in [1.54, 1.807) is 0 Å². The Morgan fingerprint density at radius 3 is 2.41 bits per heavy atom. The average molecular weight is 532 g/mol. The predicted molar refractivity (Wildman–Crippen MR) is 129 cm³/mol. The lowest BCUT2D eigenvalue weighted by molar-refractivity contribution is 0.172. The highest BCUT2D eigenvalue weighted by Gasteiger charge is 2.21. The number of halogens is 2. The Labute approximate surface area is 195 Å². The van der Waals surface area contributed by atoms with Gasteiger partial charge in [0.05, 0.1) is 5.69 Å². The second-order valence-electron chi connectivity index (χ2n) is 7.46. The molecule has 8 heteroatoms. The first kappa shape index (κ1) is 24.0. The van der Waals surface area contributed by atoms with Crippen LogP contribution in [0, 0.1) is 13.8 Å². The largest absolute Gasteiger partial charge is 0.361 e. The fourth-order valence-electron chi connectivity index (χ4n) is 3.84. The van der Waals surface area contributed by atoms with Gasteiger partial charge in [0.1, 0.15) is 5.76 Å². The highest BCUT2D eigenvalue weighted by atomic mass is 127. The molecule has 0 radical (unpaired) electrons. The molecule has 2 aromatic rings. The Morgan fingerprint density at radius 1 is 1.21 bits per heavy atom. The highest BCUT2D eigenvalue weighted by molar-refractivity contribution is 14.0. The van der Waals surface area contributed by atoms with E-state index >= 15 is 0 Å². The summed E-state index contributed by atoms with van der Waals surface area (Å²) in [7, 11) is 1.85. The van der Waals surface area contributed by atoms with Gasteiger partial charge in [0.2, 0.25) is 0 Å². The summed E-state index contributed by atoms with van der Waals surface area (Å²) < 4.78 is 5.30. The summed E-state index contributed by atoms with van der Waals surface area (Å²) in [6.07, 6.45) is 0. The molecular weight excluding hydrogens is 501 g/mol. The van der Waals surface area contributed by atoms with Crippen molar-refractivity contribution in [2.45, 2.75) is 33.2 Å². The molecule has 1 aromatic heterocycles. The molecule has 29 heavy (non-hydrogen) atoms. The lowest BCUT2D eigenvalue weighted by atomic mass is 10.00. The van der Waals surface area contributed by atoms with Crippen molar-refractivity contribution in [3.8, 4) is 0 Å². The van der Waals surface area contributed by atoms with Gasteiger partial charge >= 0.3 is 0 Å². The molecule has 1 aromatic carbocycles. The van der Waals surface area contributed by atoms with E-state index in [2.05, 4.69) is 44.3 Å². The van der Waals surface area contributed by atoms with Crippen LogP contribution in [0.25, 0.3) is 0 Å². The molecule has 1 N–H and O–H groups in total. The predicted octanol–water partition coefficient (Wildman–Crippen LogP) is 4.06. The molecular formula is C21H31ClIN5O. The number of rotatable bonds is 5. The SMILES string of the molecule is CN=C(NCC(C)c1c(C)noc1C)N1CCN(Cc2ccc(Cl)cc2)CC1.I. The van der Waals surface area contributed by atoms with E-state index < -0.39 is 0 Å². The maximum Gasteiger partial charge on any atom is 0.193 e. The maximum absolute atomic E-state index is 5.98. The number of aliphatic imine (C=N–C) groups is 1. The van der Waals surface area contributed by atoms with Gasteiger partial charge in [0, 0.05) is 62.8 Å². The Morgan fingerprint density at radius 2 is 1.86 bits per heavy atom. The molecule has 1 unspecified atom stereocenters. The smallest absolute Gasteiger partial charge is 0.193 e. The van der Waals surface area contributed by atoms with Crippen molar-refractivity contribution in [1.29, 1.82) is 0 Å². The fraction of sp³-hybridized carbons (Fsp3) is 0.524. The van der Waals surface area contributed by atoms with Gasteiger partial charge in [-0.05, 0) is 31.5 Å². The second kappa shape index (κ2) is 11.2. The zero-order valence-corrected chi connectivity index (χ0v) is 20.7. The van der Waals surface area contributed by atoms with Crippen LogP contribution in [0.15, 0.2) is 33.8 Å². The molecule has 3 rings (SSSR count). The Hall–Kier alpha value is -1.32. The van der Waals surface area contributed by atoms with E-state index in [0.29, 0.717) is 5.92 Å². The number of hydrogen-bond donors (Lipinski definition) is 1. The van der Waals surface area contributed by atoms with Crippen molar-refractivity contribution in [2.75, 3.05) is 39.8 Å². The molecule has 0 amide bonds. The lowest BCUT2D eigenvalue weighted by Crippen LogP contribution is -2.52. The van der Waals surface area contributed by atoms with Gasteiger partial charge in [-0.1, -0.05) is 35.8 Å². The first-order valence-corrected chi connectivity index (χ1v) is 10.2. The Balaban J connectivity index is 0.00000300.